The molecule has 0 bridgehead atoms. The molecule has 7 nitrogen and oxygen atoms in total. The molecule has 0 heterocycles. The first-order valence-electron chi connectivity index (χ1n) is 8.04. The summed E-state index contributed by atoms with van der Waals surface area (Å²) in [5, 5.41) is 14.0. The molecule has 0 aromatic rings. The highest BCUT2D eigenvalue weighted by Crippen LogP contribution is 2.04. The molecule has 0 atom stereocenters. The summed E-state index contributed by atoms with van der Waals surface area (Å²) in [5.74, 6) is 1.41. The van der Waals surface area contributed by atoms with Crippen molar-refractivity contribution in [2.24, 2.45) is 0 Å². The van der Waals surface area contributed by atoms with Crippen LogP contribution in [0.5, 0.6) is 0 Å². The lowest BCUT2D eigenvalue weighted by Gasteiger charge is -2.22. The van der Waals surface area contributed by atoms with E-state index in [1.807, 2.05) is 6.92 Å². The van der Waals surface area contributed by atoms with Gasteiger partial charge < -0.3 is 20.6 Å². The maximum atomic E-state index is 11.9. The molecule has 0 saturated heterocycles. The monoisotopic (exact) mass is 347 g/mol. The summed E-state index contributed by atoms with van der Waals surface area (Å²) in [6.07, 6.45) is 1.28. The van der Waals surface area contributed by atoms with Crippen LogP contribution in [0, 0.1) is 0 Å². The third-order valence-electron chi connectivity index (χ3n) is 3.09. The van der Waals surface area contributed by atoms with Gasteiger partial charge in [-0.2, -0.15) is 11.8 Å². The van der Waals surface area contributed by atoms with Gasteiger partial charge in [0.05, 0.1) is 6.61 Å². The summed E-state index contributed by atoms with van der Waals surface area (Å²) in [6, 6.07) is 0. The Balaban J connectivity index is 3.90. The summed E-state index contributed by atoms with van der Waals surface area (Å²) in [4.78, 5) is 36.2. The summed E-state index contributed by atoms with van der Waals surface area (Å²) < 4.78 is 0. The van der Waals surface area contributed by atoms with E-state index in [2.05, 4.69) is 10.6 Å². The molecular weight excluding hydrogens is 318 g/mol. The molecule has 23 heavy (non-hydrogen) atoms. The number of carbonyl (C=O) groups is 3. The molecule has 3 amide bonds. The first-order valence-corrected chi connectivity index (χ1v) is 9.20. The van der Waals surface area contributed by atoms with Gasteiger partial charge in [0.2, 0.25) is 17.7 Å². The van der Waals surface area contributed by atoms with Crippen LogP contribution in [0.15, 0.2) is 0 Å². The highest BCUT2D eigenvalue weighted by atomic mass is 32.2. The van der Waals surface area contributed by atoms with Crippen LogP contribution in [0.1, 0.15) is 33.1 Å². The molecule has 0 aliphatic rings. The number of aliphatic hydroxyl groups excluding tert-OH is 1. The van der Waals surface area contributed by atoms with Crippen molar-refractivity contribution in [2.45, 2.75) is 33.1 Å². The molecule has 0 rings (SSSR count). The van der Waals surface area contributed by atoms with Crippen molar-refractivity contribution < 1.29 is 19.5 Å². The van der Waals surface area contributed by atoms with Gasteiger partial charge in [0.15, 0.2) is 0 Å². The third kappa shape index (κ3) is 11.9. The minimum absolute atomic E-state index is 0.0165. The van der Waals surface area contributed by atoms with E-state index in [4.69, 9.17) is 5.11 Å². The average Bonchev–Trinajstić information content (AvgIpc) is 2.56. The Hall–Kier alpha value is -1.28. The van der Waals surface area contributed by atoms with E-state index in [-0.39, 0.29) is 30.9 Å². The second-order valence-corrected chi connectivity index (χ2v) is 6.10. The van der Waals surface area contributed by atoms with E-state index in [0.29, 0.717) is 44.6 Å². The Morgan fingerprint density at radius 2 is 1.65 bits per heavy atom. The maximum absolute atomic E-state index is 11.9. The average molecular weight is 347 g/mol. The summed E-state index contributed by atoms with van der Waals surface area (Å²) in [6.45, 7) is 5.42. The summed E-state index contributed by atoms with van der Waals surface area (Å²) in [5.41, 5.74) is 0. The SMILES string of the molecule is CCC(=O)NCCN(CCSCCC(=O)NCCO)C(=O)CC. The third-order valence-corrected chi connectivity index (χ3v) is 4.06. The number of thioether (sulfide) groups is 1. The van der Waals surface area contributed by atoms with Gasteiger partial charge in [-0.05, 0) is 0 Å². The molecule has 3 N–H and O–H groups in total. The van der Waals surface area contributed by atoms with Gasteiger partial charge >= 0.3 is 0 Å². The predicted octanol–water partition coefficient (Wildman–Crippen LogP) is -0.0170. The van der Waals surface area contributed by atoms with Gasteiger partial charge in [0.25, 0.3) is 0 Å². The predicted molar refractivity (Wildman–Crippen MR) is 92.2 cm³/mol. The fraction of sp³-hybridized carbons (Fsp3) is 0.800. The zero-order chi connectivity index (χ0) is 17.5. The lowest BCUT2D eigenvalue weighted by atomic mass is 10.3. The largest absolute Gasteiger partial charge is 0.395 e. The van der Waals surface area contributed by atoms with Crippen LogP contribution in [0.3, 0.4) is 0 Å². The fourth-order valence-electron chi connectivity index (χ4n) is 1.77. The standard InChI is InChI=1S/C15H29N3O4S/c1-3-13(20)16-6-8-18(15(22)4-2)9-12-23-11-5-14(21)17-7-10-19/h19H,3-12H2,1-2H3,(H,16,20)(H,17,21). The van der Waals surface area contributed by atoms with Gasteiger partial charge in [-0.15, -0.1) is 0 Å². The van der Waals surface area contributed by atoms with Crippen LogP contribution in [0.2, 0.25) is 0 Å². The van der Waals surface area contributed by atoms with E-state index < -0.39 is 0 Å². The second kappa shape index (κ2) is 14.3. The molecule has 0 aromatic carbocycles. The number of rotatable bonds is 13. The Labute approximate surface area is 142 Å². The minimum atomic E-state index is -0.0738. The Kier molecular flexibility index (Phi) is 13.5. The van der Waals surface area contributed by atoms with Crippen molar-refractivity contribution >= 4 is 29.5 Å². The molecule has 0 spiro atoms. The molecule has 0 aliphatic carbocycles. The first kappa shape index (κ1) is 21.7. The molecule has 0 aromatic heterocycles. The van der Waals surface area contributed by atoms with Crippen molar-refractivity contribution in [3.63, 3.8) is 0 Å². The summed E-state index contributed by atoms with van der Waals surface area (Å²) >= 11 is 1.61. The van der Waals surface area contributed by atoms with Gasteiger partial charge in [0.1, 0.15) is 0 Å². The van der Waals surface area contributed by atoms with Crippen LogP contribution in [0.25, 0.3) is 0 Å². The Morgan fingerprint density at radius 3 is 2.26 bits per heavy atom. The van der Waals surface area contributed by atoms with E-state index in [0.717, 1.165) is 5.75 Å². The van der Waals surface area contributed by atoms with Crippen molar-refractivity contribution in [1.82, 2.24) is 15.5 Å². The van der Waals surface area contributed by atoms with Gasteiger partial charge in [-0.3, -0.25) is 14.4 Å². The number of nitrogens with one attached hydrogen (secondary N) is 2. The second-order valence-electron chi connectivity index (χ2n) is 4.87. The Morgan fingerprint density at radius 1 is 0.957 bits per heavy atom. The van der Waals surface area contributed by atoms with E-state index in [1.165, 1.54) is 0 Å². The number of carbonyl (C=O) groups excluding carboxylic acids is 3. The lowest BCUT2D eigenvalue weighted by Crippen LogP contribution is -2.39. The minimum Gasteiger partial charge on any atom is -0.395 e. The van der Waals surface area contributed by atoms with Crippen LogP contribution >= 0.6 is 11.8 Å². The smallest absolute Gasteiger partial charge is 0.222 e. The first-order chi connectivity index (χ1) is 11.0. The molecule has 0 saturated carbocycles. The van der Waals surface area contributed by atoms with Crippen LogP contribution < -0.4 is 10.6 Å². The van der Waals surface area contributed by atoms with Gasteiger partial charge in [0, 0.05) is 56.9 Å². The summed E-state index contributed by atoms with van der Waals surface area (Å²) in [7, 11) is 0. The molecule has 0 fully saturated rings. The number of hydrogen-bond donors (Lipinski definition) is 3. The molecule has 8 heteroatoms. The van der Waals surface area contributed by atoms with E-state index in [9.17, 15) is 14.4 Å². The number of hydrogen-bond acceptors (Lipinski definition) is 5. The highest BCUT2D eigenvalue weighted by Gasteiger charge is 2.11. The maximum Gasteiger partial charge on any atom is 0.222 e. The van der Waals surface area contributed by atoms with Gasteiger partial charge in [-0.25, -0.2) is 0 Å². The van der Waals surface area contributed by atoms with Crippen molar-refractivity contribution in [2.75, 3.05) is 44.3 Å². The van der Waals surface area contributed by atoms with Crippen LogP contribution in [0.4, 0.5) is 0 Å². The zero-order valence-corrected chi connectivity index (χ0v) is 14.9. The molecular formula is C15H29N3O4S. The number of amides is 3. The molecule has 0 unspecified atom stereocenters. The van der Waals surface area contributed by atoms with Crippen molar-refractivity contribution in [1.29, 1.82) is 0 Å². The van der Waals surface area contributed by atoms with Crippen LogP contribution in [-0.2, 0) is 14.4 Å². The molecule has 0 radical (unpaired) electrons. The quantitative estimate of drug-likeness (QED) is 0.407. The van der Waals surface area contributed by atoms with E-state index in [1.54, 1.807) is 23.6 Å². The normalized spacial score (nSPS) is 10.2. The van der Waals surface area contributed by atoms with Crippen molar-refractivity contribution in [3.8, 4) is 0 Å². The topological polar surface area (TPSA) is 98.7 Å². The number of aliphatic hydroxyl groups is 1. The van der Waals surface area contributed by atoms with Gasteiger partial charge in [-0.1, -0.05) is 13.8 Å². The zero-order valence-electron chi connectivity index (χ0n) is 14.1. The lowest BCUT2D eigenvalue weighted by molar-refractivity contribution is -0.131. The van der Waals surface area contributed by atoms with E-state index >= 15 is 0 Å². The molecule has 0 aliphatic heterocycles. The molecule has 134 valence electrons. The van der Waals surface area contributed by atoms with Crippen molar-refractivity contribution in [3.05, 3.63) is 0 Å². The van der Waals surface area contributed by atoms with Crippen LogP contribution in [-0.4, -0.2) is 72.0 Å². The highest BCUT2D eigenvalue weighted by molar-refractivity contribution is 7.99. The Bertz CT molecular complexity index is 367. The number of nitrogens with zero attached hydrogens (tertiary/aromatic N) is 1. The fourth-order valence-corrected chi connectivity index (χ4v) is 2.65.